The van der Waals surface area contributed by atoms with Gasteiger partial charge in [0.1, 0.15) is 12.6 Å². The molecule has 0 aliphatic heterocycles. The number of nitrogens with zero attached hydrogens (tertiary/aromatic N) is 2. The Morgan fingerprint density at radius 3 is 2.05 bits per heavy atom. The summed E-state index contributed by atoms with van der Waals surface area (Å²) in [4.78, 5) is 29.6. The highest BCUT2D eigenvalue weighted by atomic mass is 79.9. The summed E-state index contributed by atoms with van der Waals surface area (Å²) in [7, 11) is -4.29. The van der Waals surface area contributed by atoms with E-state index in [9.17, 15) is 18.0 Å². The molecule has 0 aliphatic carbocycles. The van der Waals surface area contributed by atoms with Gasteiger partial charge in [-0.3, -0.25) is 13.9 Å². The lowest BCUT2D eigenvalue weighted by molar-refractivity contribution is -0.140. The number of hydrogen-bond acceptors (Lipinski definition) is 4. The van der Waals surface area contributed by atoms with Gasteiger partial charge in [-0.05, 0) is 61.4 Å². The molecule has 0 saturated heterocycles. The van der Waals surface area contributed by atoms with Crippen LogP contribution in [-0.2, 0) is 32.6 Å². The van der Waals surface area contributed by atoms with Gasteiger partial charge in [-0.25, -0.2) is 8.42 Å². The number of amides is 2. The fourth-order valence-electron chi connectivity index (χ4n) is 4.64. The molecule has 0 spiro atoms. The molecule has 1 N–H and O–H groups in total. The molecular weight excluding hydrogens is 685 g/mol. The fraction of sp³-hybridized carbons (Fsp3) is 0.212. The van der Waals surface area contributed by atoms with E-state index in [1.807, 2.05) is 68.4 Å². The second-order valence-electron chi connectivity index (χ2n) is 10.4. The monoisotopic (exact) mass is 715 g/mol. The van der Waals surface area contributed by atoms with Crippen LogP contribution >= 0.6 is 39.1 Å². The van der Waals surface area contributed by atoms with Crippen molar-refractivity contribution < 1.29 is 18.0 Å². The van der Waals surface area contributed by atoms with Gasteiger partial charge in [-0.15, -0.1) is 0 Å². The Hall–Kier alpha value is -3.37. The summed E-state index contributed by atoms with van der Waals surface area (Å²) < 4.78 is 29.9. The summed E-state index contributed by atoms with van der Waals surface area (Å²) in [5.74, 6) is -0.948. The molecule has 230 valence electrons. The fourth-order valence-corrected chi connectivity index (χ4v) is 6.80. The predicted octanol–water partition coefficient (Wildman–Crippen LogP) is 7.12. The van der Waals surface area contributed by atoms with Crippen molar-refractivity contribution >= 4 is 66.7 Å². The average Bonchev–Trinajstić information content (AvgIpc) is 3.00. The van der Waals surface area contributed by atoms with E-state index in [-0.39, 0.29) is 45.5 Å². The number of carbonyl (C=O) groups excluding carboxylic acids is 2. The van der Waals surface area contributed by atoms with Crippen molar-refractivity contribution in [2.45, 2.75) is 43.8 Å². The van der Waals surface area contributed by atoms with Crippen LogP contribution in [0, 0.1) is 0 Å². The highest BCUT2D eigenvalue weighted by molar-refractivity contribution is 9.10. The van der Waals surface area contributed by atoms with Crippen molar-refractivity contribution in [1.82, 2.24) is 10.2 Å². The van der Waals surface area contributed by atoms with E-state index in [2.05, 4.69) is 21.2 Å². The van der Waals surface area contributed by atoms with Gasteiger partial charge in [0.15, 0.2) is 0 Å². The smallest absolute Gasteiger partial charge is 0.264 e. The van der Waals surface area contributed by atoms with Gasteiger partial charge in [-0.1, -0.05) is 106 Å². The first-order valence-electron chi connectivity index (χ1n) is 13.9. The van der Waals surface area contributed by atoms with Gasteiger partial charge in [-0.2, -0.15) is 0 Å². The first kappa shape index (κ1) is 33.5. The van der Waals surface area contributed by atoms with Gasteiger partial charge in [0.05, 0.1) is 20.6 Å². The first-order valence-corrected chi connectivity index (χ1v) is 16.9. The molecule has 1 atom stereocenters. The molecule has 0 aliphatic rings. The van der Waals surface area contributed by atoms with Crippen LogP contribution < -0.4 is 9.62 Å². The van der Waals surface area contributed by atoms with Crippen LogP contribution in [0.5, 0.6) is 0 Å². The molecule has 44 heavy (non-hydrogen) atoms. The Kier molecular flexibility index (Phi) is 11.5. The number of rotatable bonds is 12. The minimum atomic E-state index is -4.29. The summed E-state index contributed by atoms with van der Waals surface area (Å²) >= 11 is 16.3. The largest absolute Gasteiger partial charge is 0.352 e. The Morgan fingerprint density at radius 2 is 1.43 bits per heavy atom. The average molecular weight is 718 g/mol. The zero-order valence-corrected chi connectivity index (χ0v) is 28.1. The maximum Gasteiger partial charge on any atom is 0.264 e. The number of carbonyl (C=O) groups is 2. The lowest BCUT2D eigenvalue weighted by Gasteiger charge is -2.34. The van der Waals surface area contributed by atoms with Crippen molar-refractivity contribution in [2.24, 2.45) is 0 Å². The van der Waals surface area contributed by atoms with E-state index in [0.717, 1.165) is 19.9 Å². The first-order chi connectivity index (χ1) is 21.0. The topological polar surface area (TPSA) is 86.8 Å². The number of hydrogen-bond donors (Lipinski definition) is 1. The van der Waals surface area contributed by atoms with Crippen LogP contribution in [-0.4, -0.2) is 43.8 Å². The number of nitrogens with one attached hydrogen (secondary N) is 1. The van der Waals surface area contributed by atoms with Crippen LogP contribution in [0.25, 0.3) is 0 Å². The molecule has 0 bridgehead atoms. The minimum Gasteiger partial charge on any atom is -0.352 e. The summed E-state index contributed by atoms with van der Waals surface area (Å²) in [5.41, 5.74) is 1.65. The number of sulfonamides is 1. The van der Waals surface area contributed by atoms with Crippen molar-refractivity contribution in [2.75, 3.05) is 10.8 Å². The Balaban J connectivity index is 1.82. The molecule has 7 nitrogen and oxygen atoms in total. The molecule has 0 fully saturated rings. The van der Waals surface area contributed by atoms with Gasteiger partial charge < -0.3 is 10.2 Å². The highest BCUT2D eigenvalue weighted by Crippen LogP contribution is 2.35. The van der Waals surface area contributed by atoms with Gasteiger partial charge >= 0.3 is 0 Å². The maximum atomic E-state index is 14.4. The van der Waals surface area contributed by atoms with E-state index in [1.165, 1.54) is 29.2 Å². The normalized spacial score (nSPS) is 12.0. The summed E-state index contributed by atoms with van der Waals surface area (Å²) in [6.45, 7) is 3.10. The lowest BCUT2D eigenvalue weighted by Crippen LogP contribution is -2.54. The molecule has 0 unspecified atom stereocenters. The van der Waals surface area contributed by atoms with Crippen LogP contribution in [0.15, 0.2) is 112 Å². The minimum absolute atomic E-state index is 0.0145. The van der Waals surface area contributed by atoms with E-state index >= 15 is 0 Å². The van der Waals surface area contributed by atoms with Crippen molar-refractivity contribution in [1.29, 1.82) is 0 Å². The predicted molar refractivity (Wildman–Crippen MR) is 179 cm³/mol. The van der Waals surface area contributed by atoms with Gasteiger partial charge in [0.25, 0.3) is 10.0 Å². The summed E-state index contributed by atoms with van der Waals surface area (Å²) in [6.07, 6.45) is 0.213. The third-order valence-electron chi connectivity index (χ3n) is 6.78. The standard InChI is InChI=1S/C33H32BrCl2N3O4S/c1-23(2)37-33(41)30(20-24-10-5-3-6-11-24)38(21-25-16-18-26(34)19-17-25)31(40)22-39(29-15-9-14-28(35)32(29)36)44(42,43)27-12-7-4-8-13-27/h3-19,23,30H,20-22H2,1-2H3,(H,37,41)/t30-/m0/s1. The Labute approximate surface area is 277 Å². The van der Waals surface area contributed by atoms with Gasteiger partial charge in [0.2, 0.25) is 11.8 Å². The molecule has 2 amide bonds. The quantitative estimate of drug-likeness (QED) is 0.169. The van der Waals surface area contributed by atoms with Crippen LogP contribution in [0.4, 0.5) is 5.69 Å². The lowest BCUT2D eigenvalue weighted by atomic mass is 10.0. The Morgan fingerprint density at radius 1 is 0.818 bits per heavy atom. The molecule has 4 aromatic carbocycles. The van der Waals surface area contributed by atoms with E-state index < -0.39 is 28.5 Å². The van der Waals surface area contributed by atoms with Crippen LogP contribution in [0.1, 0.15) is 25.0 Å². The number of anilines is 1. The molecule has 0 aromatic heterocycles. The summed E-state index contributed by atoms with van der Waals surface area (Å²) in [6, 6.07) is 28.0. The molecule has 0 saturated carbocycles. The summed E-state index contributed by atoms with van der Waals surface area (Å²) in [5, 5.41) is 3.06. The van der Waals surface area contributed by atoms with E-state index in [4.69, 9.17) is 23.2 Å². The molecular formula is C33H32BrCl2N3O4S. The Bertz CT molecular complexity index is 1690. The molecule has 0 heterocycles. The van der Waals surface area contributed by atoms with E-state index in [1.54, 1.807) is 24.3 Å². The van der Waals surface area contributed by atoms with Crippen LogP contribution in [0.2, 0.25) is 10.0 Å². The molecule has 0 radical (unpaired) electrons. The third-order valence-corrected chi connectivity index (χ3v) is 9.89. The second kappa shape index (κ2) is 15.1. The zero-order chi connectivity index (χ0) is 31.9. The second-order valence-corrected chi connectivity index (χ2v) is 14.0. The van der Waals surface area contributed by atoms with Crippen LogP contribution in [0.3, 0.4) is 0 Å². The maximum absolute atomic E-state index is 14.4. The zero-order valence-electron chi connectivity index (χ0n) is 24.2. The molecule has 11 heteroatoms. The van der Waals surface area contributed by atoms with E-state index in [0.29, 0.717) is 0 Å². The third kappa shape index (κ3) is 8.41. The van der Waals surface area contributed by atoms with Crippen molar-refractivity contribution in [3.05, 3.63) is 129 Å². The van der Waals surface area contributed by atoms with Gasteiger partial charge in [0, 0.05) is 23.5 Å². The van der Waals surface area contributed by atoms with Crippen molar-refractivity contribution in [3.8, 4) is 0 Å². The molecule has 4 aromatic rings. The highest BCUT2D eigenvalue weighted by Gasteiger charge is 2.35. The molecule has 4 rings (SSSR count). The number of benzene rings is 4. The van der Waals surface area contributed by atoms with Crippen molar-refractivity contribution in [3.63, 3.8) is 0 Å². The number of halogens is 3. The SMILES string of the molecule is CC(C)NC(=O)[C@H](Cc1ccccc1)N(Cc1ccc(Br)cc1)C(=O)CN(c1cccc(Cl)c1Cl)S(=O)(=O)c1ccccc1.